The third kappa shape index (κ3) is 3.46. The van der Waals surface area contributed by atoms with E-state index in [1.54, 1.807) is 0 Å². The van der Waals surface area contributed by atoms with E-state index in [2.05, 4.69) is 5.32 Å². The summed E-state index contributed by atoms with van der Waals surface area (Å²) in [5, 5.41) is 4.16. The van der Waals surface area contributed by atoms with Crippen LogP contribution in [0.15, 0.2) is 24.3 Å². The van der Waals surface area contributed by atoms with Crippen LogP contribution >= 0.6 is 11.6 Å². The summed E-state index contributed by atoms with van der Waals surface area (Å²) in [4.78, 5) is 0. The summed E-state index contributed by atoms with van der Waals surface area (Å²) < 4.78 is 10.5. The Morgan fingerprint density at radius 3 is 3.00 bits per heavy atom. The van der Waals surface area contributed by atoms with Gasteiger partial charge in [0.05, 0.1) is 12.7 Å². The van der Waals surface area contributed by atoms with Crippen molar-refractivity contribution >= 4 is 11.6 Å². The molecule has 0 amide bonds. The molecule has 1 saturated heterocycles. The average Bonchev–Trinajstić information content (AvgIpc) is 2.33. The van der Waals surface area contributed by atoms with E-state index in [9.17, 15) is 0 Å². The van der Waals surface area contributed by atoms with Crippen molar-refractivity contribution in [3.63, 3.8) is 0 Å². The third-order valence-corrected chi connectivity index (χ3v) is 2.99. The molecule has 3 nitrogen and oxygen atoms in total. The highest BCUT2D eigenvalue weighted by atomic mass is 35.5. The first kappa shape index (κ1) is 11.9. The molecule has 1 aromatic carbocycles. The molecule has 0 aliphatic carbocycles. The molecule has 1 aliphatic heterocycles. The number of nitrogens with one attached hydrogen (secondary N) is 1. The van der Waals surface area contributed by atoms with Gasteiger partial charge in [0.25, 0.3) is 0 Å². The second kappa shape index (κ2) is 6.21. The highest BCUT2D eigenvalue weighted by molar-refractivity contribution is 6.31. The Hall–Kier alpha value is -0.610. The molecule has 1 unspecified atom stereocenters. The minimum atomic E-state index is 0.260. The Labute approximate surface area is 101 Å². The van der Waals surface area contributed by atoms with E-state index >= 15 is 0 Å². The number of ether oxygens (including phenoxy) is 2. The molecule has 0 aromatic heterocycles. The SMILES string of the molecule is Clc1ccccc1CNCC1CCOCO1. The van der Waals surface area contributed by atoms with Crippen LogP contribution in [0.4, 0.5) is 0 Å². The standard InChI is InChI=1S/C12H16ClNO2/c13-12-4-2-1-3-10(12)7-14-8-11-5-6-15-9-16-11/h1-4,11,14H,5-9H2. The Bertz CT molecular complexity index is 327. The van der Waals surface area contributed by atoms with Crippen molar-refractivity contribution in [1.82, 2.24) is 5.32 Å². The summed E-state index contributed by atoms with van der Waals surface area (Å²) in [6.07, 6.45) is 1.21. The van der Waals surface area contributed by atoms with Crippen LogP contribution in [0.3, 0.4) is 0 Å². The van der Waals surface area contributed by atoms with Crippen LogP contribution in [-0.4, -0.2) is 26.0 Å². The zero-order valence-corrected chi connectivity index (χ0v) is 9.87. The highest BCUT2D eigenvalue weighted by Crippen LogP contribution is 2.14. The second-order valence-electron chi connectivity index (χ2n) is 3.83. The van der Waals surface area contributed by atoms with Crippen molar-refractivity contribution in [2.45, 2.75) is 19.1 Å². The lowest BCUT2D eigenvalue weighted by molar-refractivity contribution is -0.137. The summed E-state index contributed by atoms with van der Waals surface area (Å²) in [6, 6.07) is 7.87. The van der Waals surface area contributed by atoms with Crippen molar-refractivity contribution in [3.05, 3.63) is 34.9 Å². The summed E-state index contributed by atoms with van der Waals surface area (Å²) in [6.45, 7) is 2.83. The second-order valence-corrected chi connectivity index (χ2v) is 4.23. The number of hydrogen-bond donors (Lipinski definition) is 1. The lowest BCUT2D eigenvalue weighted by Gasteiger charge is -2.23. The first-order valence-electron chi connectivity index (χ1n) is 5.50. The van der Waals surface area contributed by atoms with E-state index in [4.69, 9.17) is 21.1 Å². The molecule has 2 rings (SSSR count). The molecule has 1 aromatic rings. The van der Waals surface area contributed by atoms with Gasteiger partial charge in [0, 0.05) is 18.1 Å². The highest BCUT2D eigenvalue weighted by Gasteiger charge is 2.13. The number of halogens is 1. The van der Waals surface area contributed by atoms with Crippen LogP contribution in [0.25, 0.3) is 0 Å². The molecule has 1 fully saturated rings. The Kier molecular flexibility index (Phi) is 4.60. The molecular weight excluding hydrogens is 226 g/mol. The lowest BCUT2D eigenvalue weighted by Crippen LogP contribution is -2.33. The molecule has 4 heteroatoms. The maximum absolute atomic E-state index is 6.05. The van der Waals surface area contributed by atoms with Gasteiger partial charge >= 0.3 is 0 Å². The number of rotatable bonds is 4. The number of hydrogen-bond acceptors (Lipinski definition) is 3. The van der Waals surface area contributed by atoms with Crippen molar-refractivity contribution < 1.29 is 9.47 Å². The molecule has 1 N–H and O–H groups in total. The Balaban J connectivity index is 1.73. The van der Waals surface area contributed by atoms with Gasteiger partial charge in [-0.25, -0.2) is 0 Å². The minimum Gasteiger partial charge on any atom is -0.355 e. The minimum absolute atomic E-state index is 0.260. The first-order chi connectivity index (χ1) is 7.86. The van der Waals surface area contributed by atoms with Gasteiger partial charge in [-0.1, -0.05) is 29.8 Å². The van der Waals surface area contributed by atoms with Crippen LogP contribution in [0, 0.1) is 0 Å². The summed E-state index contributed by atoms with van der Waals surface area (Å²) >= 11 is 6.05. The first-order valence-corrected chi connectivity index (χ1v) is 5.87. The van der Waals surface area contributed by atoms with Crippen LogP contribution in [-0.2, 0) is 16.0 Å². The molecule has 1 aliphatic rings. The fourth-order valence-electron chi connectivity index (χ4n) is 1.67. The van der Waals surface area contributed by atoms with E-state index in [-0.39, 0.29) is 6.10 Å². The van der Waals surface area contributed by atoms with Crippen molar-refractivity contribution in [2.75, 3.05) is 19.9 Å². The van der Waals surface area contributed by atoms with Gasteiger partial charge in [0.2, 0.25) is 0 Å². The van der Waals surface area contributed by atoms with Gasteiger partial charge in [0.1, 0.15) is 6.79 Å². The van der Waals surface area contributed by atoms with Gasteiger partial charge in [-0.05, 0) is 18.1 Å². The van der Waals surface area contributed by atoms with Gasteiger partial charge < -0.3 is 14.8 Å². The van der Waals surface area contributed by atoms with Gasteiger partial charge in [-0.3, -0.25) is 0 Å². The van der Waals surface area contributed by atoms with Crippen LogP contribution in [0.5, 0.6) is 0 Å². The van der Waals surface area contributed by atoms with Crippen LogP contribution < -0.4 is 5.32 Å². The van der Waals surface area contributed by atoms with E-state index in [1.165, 1.54) is 0 Å². The van der Waals surface area contributed by atoms with Crippen LogP contribution in [0.2, 0.25) is 5.02 Å². The van der Waals surface area contributed by atoms with Crippen LogP contribution in [0.1, 0.15) is 12.0 Å². The molecule has 88 valence electrons. The fraction of sp³-hybridized carbons (Fsp3) is 0.500. The maximum atomic E-state index is 6.05. The summed E-state index contributed by atoms with van der Waals surface area (Å²) in [5.74, 6) is 0. The molecule has 0 saturated carbocycles. The molecule has 0 spiro atoms. The third-order valence-electron chi connectivity index (χ3n) is 2.62. The predicted octanol–water partition coefficient (Wildman–Crippen LogP) is 2.19. The van der Waals surface area contributed by atoms with Crippen molar-refractivity contribution in [1.29, 1.82) is 0 Å². The van der Waals surface area contributed by atoms with Crippen molar-refractivity contribution in [3.8, 4) is 0 Å². The zero-order chi connectivity index (χ0) is 11.2. The topological polar surface area (TPSA) is 30.5 Å². The lowest BCUT2D eigenvalue weighted by atomic mass is 10.2. The molecule has 16 heavy (non-hydrogen) atoms. The largest absolute Gasteiger partial charge is 0.355 e. The van der Waals surface area contributed by atoms with Gasteiger partial charge in [-0.15, -0.1) is 0 Å². The predicted molar refractivity (Wildman–Crippen MR) is 63.5 cm³/mol. The molecule has 0 bridgehead atoms. The summed E-state index contributed by atoms with van der Waals surface area (Å²) in [7, 11) is 0. The average molecular weight is 242 g/mol. The van der Waals surface area contributed by atoms with E-state index < -0.39 is 0 Å². The molecule has 0 radical (unpaired) electrons. The van der Waals surface area contributed by atoms with Gasteiger partial charge in [0.15, 0.2) is 0 Å². The van der Waals surface area contributed by atoms with E-state index in [1.807, 2.05) is 24.3 Å². The van der Waals surface area contributed by atoms with E-state index in [0.717, 1.165) is 36.7 Å². The Morgan fingerprint density at radius 1 is 1.38 bits per heavy atom. The number of benzene rings is 1. The van der Waals surface area contributed by atoms with Crippen molar-refractivity contribution in [2.24, 2.45) is 0 Å². The quantitative estimate of drug-likeness (QED) is 0.877. The molecular formula is C12H16ClNO2. The summed E-state index contributed by atoms with van der Waals surface area (Å²) in [5.41, 5.74) is 1.12. The Morgan fingerprint density at radius 2 is 2.25 bits per heavy atom. The molecule has 1 heterocycles. The monoisotopic (exact) mass is 241 g/mol. The molecule has 1 atom stereocenters. The maximum Gasteiger partial charge on any atom is 0.147 e. The zero-order valence-electron chi connectivity index (χ0n) is 9.12. The van der Waals surface area contributed by atoms with Gasteiger partial charge in [-0.2, -0.15) is 0 Å². The normalized spacial score (nSPS) is 20.9. The fourth-order valence-corrected chi connectivity index (χ4v) is 1.87. The van der Waals surface area contributed by atoms with E-state index in [0.29, 0.717) is 6.79 Å². The smallest absolute Gasteiger partial charge is 0.147 e.